The zero-order chi connectivity index (χ0) is 14.4. The van der Waals surface area contributed by atoms with Crippen LogP contribution in [0.1, 0.15) is 6.92 Å². The summed E-state index contributed by atoms with van der Waals surface area (Å²) in [6, 6.07) is 16.2. The van der Waals surface area contributed by atoms with E-state index in [0.717, 1.165) is 5.69 Å². The van der Waals surface area contributed by atoms with Gasteiger partial charge in [0, 0.05) is 16.3 Å². The Bertz CT molecular complexity index is 606. The molecule has 0 bridgehead atoms. The maximum atomic E-state index is 11.9. The van der Waals surface area contributed by atoms with Gasteiger partial charge in [-0.3, -0.25) is 4.79 Å². The van der Waals surface area contributed by atoms with Gasteiger partial charge in [0.05, 0.1) is 6.26 Å². The maximum Gasteiger partial charge on any atom is 0.254 e. The highest BCUT2D eigenvalue weighted by atomic mass is 35.5. The first-order chi connectivity index (χ1) is 9.65. The summed E-state index contributed by atoms with van der Waals surface area (Å²) >= 11 is 5.78. The number of carbonyl (C=O) groups excluding carboxylic acids is 1. The number of hydrogen-bond donors (Lipinski definition) is 1. The average molecular weight is 288 g/mol. The van der Waals surface area contributed by atoms with Crippen molar-refractivity contribution in [2.45, 2.75) is 6.92 Å². The van der Waals surface area contributed by atoms with E-state index in [9.17, 15) is 4.79 Å². The molecule has 3 nitrogen and oxygen atoms in total. The number of carbonyl (C=O) groups is 1. The van der Waals surface area contributed by atoms with Gasteiger partial charge in [0.1, 0.15) is 5.75 Å². The van der Waals surface area contributed by atoms with E-state index in [1.165, 1.54) is 6.26 Å². The molecule has 0 fully saturated rings. The van der Waals surface area contributed by atoms with Crippen LogP contribution in [0.2, 0.25) is 5.02 Å². The van der Waals surface area contributed by atoms with E-state index < -0.39 is 0 Å². The highest BCUT2D eigenvalue weighted by Crippen LogP contribution is 2.16. The molecule has 0 radical (unpaired) electrons. The van der Waals surface area contributed by atoms with Crippen molar-refractivity contribution >= 4 is 23.2 Å². The third-order valence-corrected chi connectivity index (χ3v) is 2.83. The molecule has 0 atom stereocenters. The predicted octanol–water partition coefficient (Wildman–Crippen LogP) is 4.26. The van der Waals surface area contributed by atoms with Crippen LogP contribution in [0.3, 0.4) is 0 Å². The lowest BCUT2D eigenvalue weighted by molar-refractivity contribution is -0.112. The third-order valence-electron chi connectivity index (χ3n) is 2.58. The largest absolute Gasteiger partial charge is 0.465 e. The van der Waals surface area contributed by atoms with E-state index in [1.54, 1.807) is 31.2 Å². The summed E-state index contributed by atoms with van der Waals surface area (Å²) < 4.78 is 5.40. The molecule has 0 unspecified atom stereocenters. The number of hydrogen-bond acceptors (Lipinski definition) is 2. The molecule has 102 valence electrons. The standard InChI is InChI=1S/C16H14ClNO2/c1-12(11-20-15-9-7-13(17)8-10-15)16(19)18-14-5-3-2-4-6-14/h2-11H,1H3,(H,18,19)/b12-11+. The van der Waals surface area contributed by atoms with E-state index in [0.29, 0.717) is 16.3 Å². The van der Waals surface area contributed by atoms with E-state index in [4.69, 9.17) is 16.3 Å². The van der Waals surface area contributed by atoms with E-state index >= 15 is 0 Å². The molecule has 2 aromatic carbocycles. The Morgan fingerprint density at radius 1 is 1.10 bits per heavy atom. The van der Waals surface area contributed by atoms with Crippen LogP contribution < -0.4 is 10.1 Å². The SMILES string of the molecule is C/C(=C\Oc1ccc(Cl)cc1)C(=O)Nc1ccccc1. The molecule has 0 spiro atoms. The van der Waals surface area contributed by atoms with Gasteiger partial charge in [-0.25, -0.2) is 0 Å². The second-order valence-corrected chi connectivity index (χ2v) is 4.63. The quantitative estimate of drug-likeness (QED) is 0.674. The van der Waals surface area contributed by atoms with Crippen LogP contribution in [-0.4, -0.2) is 5.91 Å². The Labute approximate surface area is 122 Å². The molecule has 20 heavy (non-hydrogen) atoms. The van der Waals surface area contributed by atoms with Crippen LogP contribution in [0.25, 0.3) is 0 Å². The van der Waals surface area contributed by atoms with Crippen LogP contribution in [0.15, 0.2) is 66.4 Å². The number of benzene rings is 2. The van der Waals surface area contributed by atoms with Gasteiger partial charge in [-0.2, -0.15) is 0 Å². The molecule has 0 aliphatic rings. The van der Waals surface area contributed by atoms with Gasteiger partial charge in [0.15, 0.2) is 0 Å². The fourth-order valence-electron chi connectivity index (χ4n) is 1.47. The molecule has 4 heteroatoms. The number of ether oxygens (including phenoxy) is 1. The van der Waals surface area contributed by atoms with Gasteiger partial charge in [-0.1, -0.05) is 29.8 Å². The topological polar surface area (TPSA) is 38.3 Å². The number of nitrogens with one attached hydrogen (secondary N) is 1. The molecule has 0 saturated carbocycles. The van der Waals surface area contributed by atoms with Crippen LogP contribution in [0, 0.1) is 0 Å². The number of amides is 1. The van der Waals surface area contributed by atoms with Crippen molar-refractivity contribution in [2.75, 3.05) is 5.32 Å². The van der Waals surface area contributed by atoms with Gasteiger partial charge in [0.2, 0.25) is 0 Å². The van der Waals surface area contributed by atoms with Gasteiger partial charge in [-0.15, -0.1) is 0 Å². The van der Waals surface area contributed by atoms with Crippen LogP contribution >= 0.6 is 11.6 Å². The highest BCUT2D eigenvalue weighted by molar-refractivity contribution is 6.30. The summed E-state index contributed by atoms with van der Waals surface area (Å²) in [7, 11) is 0. The van der Waals surface area contributed by atoms with Crippen molar-refractivity contribution in [2.24, 2.45) is 0 Å². The number of halogens is 1. The summed E-state index contributed by atoms with van der Waals surface area (Å²) in [5, 5.41) is 3.42. The minimum atomic E-state index is -0.204. The molecular formula is C16H14ClNO2. The molecule has 0 aliphatic heterocycles. The fraction of sp³-hybridized carbons (Fsp3) is 0.0625. The van der Waals surface area contributed by atoms with Crippen molar-refractivity contribution in [1.29, 1.82) is 0 Å². The molecule has 1 N–H and O–H groups in total. The van der Waals surface area contributed by atoms with Crippen LogP contribution in [-0.2, 0) is 4.79 Å². The van der Waals surface area contributed by atoms with Crippen LogP contribution in [0.5, 0.6) is 5.75 Å². The van der Waals surface area contributed by atoms with Crippen molar-refractivity contribution in [3.63, 3.8) is 0 Å². The van der Waals surface area contributed by atoms with Gasteiger partial charge < -0.3 is 10.1 Å². The number of rotatable bonds is 4. The first-order valence-corrected chi connectivity index (χ1v) is 6.48. The maximum absolute atomic E-state index is 11.9. The Kier molecular flexibility index (Phi) is 4.80. The van der Waals surface area contributed by atoms with Crippen molar-refractivity contribution < 1.29 is 9.53 Å². The monoisotopic (exact) mass is 287 g/mol. The van der Waals surface area contributed by atoms with Crippen LogP contribution in [0.4, 0.5) is 5.69 Å². The minimum Gasteiger partial charge on any atom is -0.465 e. The first-order valence-electron chi connectivity index (χ1n) is 6.10. The average Bonchev–Trinajstić information content (AvgIpc) is 2.47. The summed E-state index contributed by atoms with van der Waals surface area (Å²) in [6.45, 7) is 1.69. The predicted molar refractivity (Wildman–Crippen MR) is 80.9 cm³/mol. The Morgan fingerprint density at radius 2 is 1.75 bits per heavy atom. The molecule has 0 aromatic heterocycles. The second kappa shape index (κ2) is 6.78. The molecule has 2 rings (SSSR count). The second-order valence-electron chi connectivity index (χ2n) is 4.19. The Hall–Kier alpha value is -2.26. The Morgan fingerprint density at radius 3 is 2.40 bits per heavy atom. The van der Waals surface area contributed by atoms with Crippen molar-refractivity contribution in [3.05, 3.63) is 71.5 Å². The fourth-order valence-corrected chi connectivity index (χ4v) is 1.60. The summed E-state index contributed by atoms with van der Waals surface area (Å²) in [5.41, 5.74) is 1.22. The lowest BCUT2D eigenvalue weighted by Crippen LogP contribution is -2.13. The Balaban J connectivity index is 1.96. The molecule has 2 aromatic rings. The van der Waals surface area contributed by atoms with Gasteiger partial charge in [0.25, 0.3) is 5.91 Å². The minimum absolute atomic E-state index is 0.204. The van der Waals surface area contributed by atoms with E-state index in [1.807, 2.05) is 30.3 Å². The summed E-state index contributed by atoms with van der Waals surface area (Å²) in [5.74, 6) is 0.423. The highest BCUT2D eigenvalue weighted by Gasteiger charge is 2.05. The zero-order valence-electron chi connectivity index (χ0n) is 11.0. The van der Waals surface area contributed by atoms with Crippen molar-refractivity contribution in [1.82, 2.24) is 0 Å². The van der Waals surface area contributed by atoms with Gasteiger partial charge >= 0.3 is 0 Å². The number of anilines is 1. The lowest BCUT2D eigenvalue weighted by Gasteiger charge is -2.06. The lowest BCUT2D eigenvalue weighted by atomic mass is 10.2. The molecular weight excluding hydrogens is 274 g/mol. The molecule has 1 amide bonds. The third kappa shape index (κ3) is 4.14. The van der Waals surface area contributed by atoms with E-state index in [2.05, 4.69) is 5.32 Å². The van der Waals surface area contributed by atoms with Gasteiger partial charge in [-0.05, 0) is 43.3 Å². The zero-order valence-corrected chi connectivity index (χ0v) is 11.7. The first kappa shape index (κ1) is 14.2. The number of para-hydroxylation sites is 1. The van der Waals surface area contributed by atoms with E-state index in [-0.39, 0.29) is 5.91 Å². The summed E-state index contributed by atoms with van der Waals surface area (Å²) in [6.07, 6.45) is 1.42. The normalized spacial score (nSPS) is 11.0. The van der Waals surface area contributed by atoms with Crippen molar-refractivity contribution in [3.8, 4) is 5.75 Å². The smallest absolute Gasteiger partial charge is 0.254 e. The summed E-state index contributed by atoms with van der Waals surface area (Å²) in [4.78, 5) is 11.9. The molecule has 0 heterocycles. The molecule has 0 saturated heterocycles. The molecule has 0 aliphatic carbocycles.